The van der Waals surface area contributed by atoms with Crippen molar-refractivity contribution in [3.8, 4) is 0 Å². The molecule has 1 aliphatic heterocycles. The largest absolute Gasteiger partial charge is 0.381 e. The standard InChI is InChI=1S/C17H22N4O2S/c1-2-23-8-13-6-20(17(22)15-9-24-11-19-15)7-14-16(13)21(10-18-14)5-12-3-4-12/h9-13H,2-8H2,1H3/t13-/m1/s1. The third-order valence-corrected chi connectivity index (χ3v) is 5.33. The van der Waals surface area contributed by atoms with Crippen LogP contribution < -0.4 is 0 Å². The lowest BCUT2D eigenvalue weighted by molar-refractivity contribution is 0.0639. The smallest absolute Gasteiger partial charge is 0.273 e. The van der Waals surface area contributed by atoms with E-state index in [1.54, 1.807) is 10.9 Å². The van der Waals surface area contributed by atoms with Crippen molar-refractivity contribution in [2.45, 2.75) is 38.8 Å². The maximum absolute atomic E-state index is 12.7. The molecule has 1 fully saturated rings. The zero-order valence-corrected chi connectivity index (χ0v) is 14.7. The molecule has 0 unspecified atom stereocenters. The zero-order chi connectivity index (χ0) is 16.5. The summed E-state index contributed by atoms with van der Waals surface area (Å²) in [5.74, 6) is 0.961. The number of thiazole rings is 1. The Bertz CT molecular complexity index is 708. The van der Waals surface area contributed by atoms with E-state index in [1.807, 2.05) is 18.2 Å². The highest BCUT2D eigenvalue weighted by atomic mass is 32.1. The van der Waals surface area contributed by atoms with E-state index in [0.717, 1.165) is 18.2 Å². The minimum atomic E-state index is -0.0138. The fourth-order valence-corrected chi connectivity index (χ4v) is 3.90. The van der Waals surface area contributed by atoms with Crippen LogP contribution >= 0.6 is 11.3 Å². The van der Waals surface area contributed by atoms with E-state index in [2.05, 4.69) is 14.5 Å². The summed E-state index contributed by atoms with van der Waals surface area (Å²) >= 11 is 1.45. The van der Waals surface area contributed by atoms with Crippen molar-refractivity contribution in [3.63, 3.8) is 0 Å². The van der Waals surface area contributed by atoms with E-state index in [1.165, 1.54) is 29.9 Å². The van der Waals surface area contributed by atoms with Crippen molar-refractivity contribution >= 4 is 17.2 Å². The third-order valence-electron chi connectivity index (χ3n) is 4.74. The topological polar surface area (TPSA) is 60.2 Å². The van der Waals surface area contributed by atoms with Gasteiger partial charge in [-0.05, 0) is 25.7 Å². The Kier molecular flexibility index (Phi) is 4.37. The molecule has 7 heteroatoms. The second kappa shape index (κ2) is 6.64. The molecule has 1 atom stereocenters. The first-order valence-electron chi connectivity index (χ1n) is 8.55. The van der Waals surface area contributed by atoms with Gasteiger partial charge in [0, 0.05) is 36.7 Å². The van der Waals surface area contributed by atoms with Crippen molar-refractivity contribution in [1.82, 2.24) is 19.4 Å². The number of fused-ring (bicyclic) bond motifs is 1. The van der Waals surface area contributed by atoms with E-state index in [0.29, 0.717) is 32.0 Å². The number of ether oxygens (including phenoxy) is 1. The average Bonchev–Trinajstić information content (AvgIpc) is 3.09. The SMILES string of the molecule is CCOC[C@H]1CN(C(=O)c2cscn2)Cc2ncn(CC3CC3)c21. The Morgan fingerprint density at radius 1 is 1.42 bits per heavy atom. The second-order valence-corrected chi connectivity index (χ2v) is 7.31. The van der Waals surface area contributed by atoms with Crippen molar-refractivity contribution < 1.29 is 9.53 Å². The number of hydrogen-bond acceptors (Lipinski definition) is 5. The first kappa shape index (κ1) is 15.8. The molecule has 0 bridgehead atoms. The Labute approximate surface area is 145 Å². The molecule has 24 heavy (non-hydrogen) atoms. The van der Waals surface area contributed by atoms with Gasteiger partial charge in [-0.25, -0.2) is 9.97 Å². The molecule has 2 aromatic rings. The normalized spacial score (nSPS) is 20.2. The van der Waals surface area contributed by atoms with Crippen LogP contribution in [0, 0.1) is 5.92 Å². The summed E-state index contributed by atoms with van der Waals surface area (Å²) in [6, 6.07) is 0. The van der Waals surface area contributed by atoms with Gasteiger partial charge >= 0.3 is 0 Å². The number of nitrogens with zero attached hydrogens (tertiary/aromatic N) is 4. The van der Waals surface area contributed by atoms with Gasteiger partial charge in [0.2, 0.25) is 0 Å². The lowest BCUT2D eigenvalue weighted by Gasteiger charge is -2.33. The van der Waals surface area contributed by atoms with Gasteiger partial charge in [-0.3, -0.25) is 4.79 Å². The molecule has 1 saturated carbocycles. The lowest BCUT2D eigenvalue weighted by Crippen LogP contribution is -2.40. The molecule has 0 aromatic carbocycles. The molecular weight excluding hydrogens is 324 g/mol. The fourth-order valence-electron chi connectivity index (χ4n) is 3.37. The summed E-state index contributed by atoms with van der Waals surface area (Å²) in [6.45, 7) is 5.59. The van der Waals surface area contributed by atoms with Crippen molar-refractivity contribution in [1.29, 1.82) is 0 Å². The second-order valence-electron chi connectivity index (χ2n) is 6.59. The number of rotatable bonds is 6. The van der Waals surface area contributed by atoms with Gasteiger partial charge in [0.05, 0.1) is 30.7 Å². The first-order chi connectivity index (χ1) is 11.8. The zero-order valence-electron chi connectivity index (χ0n) is 13.9. The number of aromatic nitrogens is 3. The summed E-state index contributed by atoms with van der Waals surface area (Å²) in [7, 11) is 0. The van der Waals surface area contributed by atoms with Crippen LogP contribution in [0.4, 0.5) is 0 Å². The van der Waals surface area contributed by atoms with Crippen LogP contribution in [0.15, 0.2) is 17.2 Å². The average molecular weight is 346 g/mol. The van der Waals surface area contributed by atoms with Gasteiger partial charge in [0.25, 0.3) is 5.91 Å². The van der Waals surface area contributed by atoms with Crippen LogP contribution in [-0.2, 0) is 17.8 Å². The van der Waals surface area contributed by atoms with E-state index in [4.69, 9.17) is 4.74 Å². The maximum Gasteiger partial charge on any atom is 0.273 e. The quantitative estimate of drug-likeness (QED) is 0.806. The molecule has 0 N–H and O–H groups in total. The molecule has 0 spiro atoms. The van der Waals surface area contributed by atoms with Crippen LogP contribution in [0.5, 0.6) is 0 Å². The minimum absolute atomic E-state index is 0.0138. The van der Waals surface area contributed by atoms with Gasteiger partial charge < -0.3 is 14.2 Å². The molecule has 0 radical (unpaired) electrons. The third kappa shape index (κ3) is 3.10. The van der Waals surface area contributed by atoms with E-state index in [-0.39, 0.29) is 11.8 Å². The van der Waals surface area contributed by atoms with Gasteiger partial charge in [-0.1, -0.05) is 0 Å². The van der Waals surface area contributed by atoms with Crippen LogP contribution in [0.25, 0.3) is 0 Å². The van der Waals surface area contributed by atoms with Crippen molar-refractivity contribution in [3.05, 3.63) is 34.3 Å². The van der Waals surface area contributed by atoms with Crippen molar-refractivity contribution in [2.75, 3.05) is 19.8 Å². The molecule has 1 amide bonds. The predicted octanol–water partition coefficient (Wildman–Crippen LogP) is 2.53. The minimum Gasteiger partial charge on any atom is -0.381 e. The molecule has 1 aliphatic carbocycles. The molecule has 4 rings (SSSR count). The first-order valence-corrected chi connectivity index (χ1v) is 9.49. The molecular formula is C17H22N4O2S. The Morgan fingerprint density at radius 2 is 2.29 bits per heavy atom. The number of carbonyl (C=O) groups is 1. The van der Waals surface area contributed by atoms with Gasteiger partial charge in [0.1, 0.15) is 5.69 Å². The van der Waals surface area contributed by atoms with Gasteiger partial charge in [-0.2, -0.15) is 0 Å². The number of hydrogen-bond donors (Lipinski definition) is 0. The van der Waals surface area contributed by atoms with Gasteiger partial charge in [-0.15, -0.1) is 11.3 Å². The maximum atomic E-state index is 12.7. The van der Waals surface area contributed by atoms with Crippen LogP contribution in [0.1, 0.15) is 47.6 Å². The van der Waals surface area contributed by atoms with Crippen LogP contribution in [0.3, 0.4) is 0 Å². The van der Waals surface area contributed by atoms with Crippen LogP contribution in [0.2, 0.25) is 0 Å². The highest BCUT2D eigenvalue weighted by Gasteiger charge is 2.34. The van der Waals surface area contributed by atoms with Crippen molar-refractivity contribution in [2.24, 2.45) is 5.92 Å². The van der Waals surface area contributed by atoms with Gasteiger partial charge in [0.15, 0.2) is 0 Å². The summed E-state index contributed by atoms with van der Waals surface area (Å²) in [5.41, 5.74) is 4.49. The Hall–Kier alpha value is -1.73. The monoisotopic (exact) mass is 346 g/mol. The highest BCUT2D eigenvalue weighted by Crippen LogP contribution is 2.34. The molecule has 0 saturated heterocycles. The summed E-state index contributed by atoms with van der Waals surface area (Å²) in [6.07, 6.45) is 4.58. The Balaban J connectivity index is 1.59. The van der Waals surface area contributed by atoms with E-state index < -0.39 is 0 Å². The highest BCUT2D eigenvalue weighted by molar-refractivity contribution is 7.07. The van der Waals surface area contributed by atoms with Crippen LogP contribution in [-0.4, -0.2) is 45.1 Å². The molecule has 2 aliphatic rings. The lowest BCUT2D eigenvalue weighted by atomic mass is 9.98. The summed E-state index contributed by atoms with van der Waals surface area (Å²) < 4.78 is 7.99. The molecule has 3 heterocycles. The number of carbonyl (C=O) groups excluding carboxylic acids is 1. The molecule has 128 valence electrons. The van der Waals surface area contributed by atoms with E-state index in [9.17, 15) is 4.79 Å². The Morgan fingerprint density at radius 3 is 3.00 bits per heavy atom. The number of amides is 1. The number of imidazole rings is 1. The molecule has 6 nitrogen and oxygen atoms in total. The summed E-state index contributed by atoms with van der Waals surface area (Å²) in [4.78, 5) is 23.3. The van der Waals surface area contributed by atoms with E-state index >= 15 is 0 Å². The summed E-state index contributed by atoms with van der Waals surface area (Å²) in [5, 5.41) is 1.81. The predicted molar refractivity (Wildman–Crippen MR) is 91.0 cm³/mol. The fraction of sp³-hybridized carbons (Fsp3) is 0.588. The molecule has 2 aromatic heterocycles.